The van der Waals surface area contributed by atoms with E-state index in [0.29, 0.717) is 0 Å². The summed E-state index contributed by atoms with van der Waals surface area (Å²) in [5.41, 5.74) is -0.184. The van der Waals surface area contributed by atoms with Crippen LogP contribution in [0.5, 0.6) is 6.01 Å². The van der Waals surface area contributed by atoms with E-state index in [2.05, 4.69) is 14.7 Å². The first-order valence-electron chi connectivity index (χ1n) is 3.84. The van der Waals surface area contributed by atoms with E-state index in [4.69, 9.17) is 0 Å². The molecule has 0 aliphatic rings. The fraction of sp³-hybridized carbons (Fsp3) is 0.500. The highest BCUT2D eigenvalue weighted by Gasteiger charge is 2.29. The summed E-state index contributed by atoms with van der Waals surface area (Å²) >= 11 is 0. The number of methoxy groups -OCH3 is 1. The molecule has 1 aromatic heterocycles. The second-order valence-corrected chi connectivity index (χ2v) is 2.52. The number of aromatic nitrogens is 2. The topological polar surface area (TPSA) is 35.0 Å². The molecule has 72 valence electrons. The van der Waals surface area contributed by atoms with E-state index in [9.17, 15) is 8.78 Å². The average molecular weight is 188 g/mol. The molecule has 0 atom stereocenters. The molecule has 0 aliphatic carbocycles. The van der Waals surface area contributed by atoms with Crippen LogP contribution >= 0.6 is 0 Å². The van der Waals surface area contributed by atoms with Crippen molar-refractivity contribution in [3.8, 4) is 6.01 Å². The SMILES string of the molecule is CCC(F)(F)c1cnc(OC)nc1. The molecule has 3 nitrogen and oxygen atoms in total. The van der Waals surface area contributed by atoms with Gasteiger partial charge in [0, 0.05) is 18.8 Å². The van der Waals surface area contributed by atoms with Crippen LogP contribution in [0, 0.1) is 0 Å². The molecule has 0 unspecified atom stereocenters. The van der Waals surface area contributed by atoms with Crippen molar-refractivity contribution in [2.45, 2.75) is 19.3 Å². The molecule has 1 aromatic rings. The van der Waals surface area contributed by atoms with E-state index in [1.165, 1.54) is 14.0 Å². The van der Waals surface area contributed by atoms with Crippen LogP contribution in [0.3, 0.4) is 0 Å². The summed E-state index contributed by atoms with van der Waals surface area (Å²) in [5.74, 6) is -2.85. The van der Waals surface area contributed by atoms with Crippen LogP contribution in [0.1, 0.15) is 18.9 Å². The van der Waals surface area contributed by atoms with Gasteiger partial charge >= 0.3 is 6.01 Å². The van der Waals surface area contributed by atoms with Crippen LogP contribution in [0.2, 0.25) is 0 Å². The van der Waals surface area contributed by atoms with Gasteiger partial charge in [-0.2, -0.15) is 0 Å². The van der Waals surface area contributed by atoms with Gasteiger partial charge < -0.3 is 4.74 Å². The van der Waals surface area contributed by atoms with Crippen molar-refractivity contribution >= 4 is 0 Å². The second kappa shape index (κ2) is 3.64. The van der Waals surface area contributed by atoms with Gasteiger partial charge in [-0.05, 0) is 0 Å². The lowest BCUT2D eigenvalue weighted by Gasteiger charge is -2.12. The number of rotatable bonds is 3. The Morgan fingerprint density at radius 3 is 2.31 bits per heavy atom. The largest absolute Gasteiger partial charge is 0.467 e. The first kappa shape index (κ1) is 9.83. The molecule has 13 heavy (non-hydrogen) atoms. The predicted molar refractivity (Wildman–Crippen MR) is 42.8 cm³/mol. The molecule has 0 spiro atoms. The number of alkyl halides is 2. The van der Waals surface area contributed by atoms with Crippen molar-refractivity contribution in [1.82, 2.24) is 9.97 Å². The molecule has 0 N–H and O–H groups in total. The van der Waals surface area contributed by atoms with Gasteiger partial charge in [-0.25, -0.2) is 18.7 Å². The molecule has 1 heterocycles. The Kier molecular flexibility index (Phi) is 2.75. The molecule has 0 fully saturated rings. The predicted octanol–water partition coefficient (Wildman–Crippen LogP) is 1.99. The number of halogens is 2. The Labute approximate surface area is 74.8 Å². The van der Waals surface area contributed by atoms with Crippen LogP contribution < -0.4 is 4.74 Å². The van der Waals surface area contributed by atoms with Crippen molar-refractivity contribution < 1.29 is 13.5 Å². The lowest BCUT2D eigenvalue weighted by atomic mass is 10.1. The maximum absolute atomic E-state index is 13.0. The molecule has 0 amide bonds. The Hall–Kier alpha value is -1.26. The zero-order valence-electron chi connectivity index (χ0n) is 7.42. The van der Waals surface area contributed by atoms with Crippen molar-refractivity contribution in [1.29, 1.82) is 0 Å². The average Bonchev–Trinajstić information content (AvgIpc) is 2.18. The Morgan fingerprint density at radius 1 is 1.38 bits per heavy atom. The molecule has 0 saturated carbocycles. The molecular weight excluding hydrogens is 178 g/mol. The smallest absolute Gasteiger partial charge is 0.316 e. The highest BCUT2D eigenvalue weighted by atomic mass is 19.3. The third kappa shape index (κ3) is 2.11. The van der Waals surface area contributed by atoms with Gasteiger partial charge in [0.2, 0.25) is 0 Å². The second-order valence-electron chi connectivity index (χ2n) is 2.52. The van der Waals surface area contributed by atoms with Crippen molar-refractivity contribution in [3.05, 3.63) is 18.0 Å². The van der Waals surface area contributed by atoms with Crippen molar-refractivity contribution in [3.63, 3.8) is 0 Å². The van der Waals surface area contributed by atoms with Gasteiger partial charge in [0.25, 0.3) is 5.92 Å². The standard InChI is InChI=1S/C8H10F2N2O/c1-3-8(9,10)6-4-11-7(13-2)12-5-6/h4-5H,3H2,1-2H3. The third-order valence-electron chi connectivity index (χ3n) is 1.68. The van der Waals surface area contributed by atoms with Crippen molar-refractivity contribution in [2.75, 3.05) is 7.11 Å². The third-order valence-corrected chi connectivity index (χ3v) is 1.68. The van der Waals surface area contributed by atoms with E-state index in [1.54, 1.807) is 0 Å². The zero-order valence-corrected chi connectivity index (χ0v) is 7.42. The molecular formula is C8H10F2N2O. The molecule has 0 aliphatic heterocycles. The minimum absolute atomic E-state index is 0.0932. The van der Waals surface area contributed by atoms with Gasteiger partial charge in [-0.1, -0.05) is 6.92 Å². The van der Waals surface area contributed by atoms with E-state index < -0.39 is 5.92 Å². The number of hydrogen-bond donors (Lipinski definition) is 0. The number of hydrogen-bond acceptors (Lipinski definition) is 3. The molecule has 0 aromatic carbocycles. The summed E-state index contributed by atoms with van der Waals surface area (Å²) in [4.78, 5) is 7.20. The van der Waals surface area contributed by atoms with E-state index >= 15 is 0 Å². The van der Waals surface area contributed by atoms with Gasteiger partial charge in [0.05, 0.1) is 12.7 Å². The molecule has 1 rings (SSSR count). The fourth-order valence-electron chi connectivity index (χ4n) is 0.815. The summed E-state index contributed by atoms with van der Waals surface area (Å²) in [5, 5.41) is 0. The van der Waals surface area contributed by atoms with Crippen LogP contribution in [0.15, 0.2) is 12.4 Å². The van der Waals surface area contributed by atoms with Crippen LogP contribution in [-0.2, 0) is 5.92 Å². The Bertz CT molecular complexity index is 274. The van der Waals surface area contributed by atoms with Gasteiger partial charge in [0.1, 0.15) is 0 Å². The number of ether oxygens (including phenoxy) is 1. The fourth-order valence-corrected chi connectivity index (χ4v) is 0.815. The summed E-state index contributed by atoms with van der Waals surface area (Å²) < 4.78 is 30.6. The Balaban J connectivity index is 2.92. The minimum Gasteiger partial charge on any atom is -0.467 e. The Morgan fingerprint density at radius 2 is 1.92 bits per heavy atom. The highest BCUT2D eigenvalue weighted by Crippen LogP contribution is 2.30. The lowest BCUT2D eigenvalue weighted by Crippen LogP contribution is -2.12. The normalized spacial score (nSPS) is 11.4. The maximum Gasteiger partial charge on any atom is 0.316 e. The van der Waals surface area contributed by atoms with Crippen LogP contribution in [0.25, 0.3) is 0 Å². The van der Waals surface area contributed by atoms with E-state index in [-0.39, 0.29) is 18.0 Å². The first-order valence-corrected chi connectivity index (χ1v) is 3.84. The van der Waals surface area contributed by atoms with E-state index in [1.807, 2.05) is 0 Å². The summed E-state index contributed by atoms with van der Waals surface area (Å²) in [6, 6.07) is 0.0932. The van der Waals surface area contributed by atoms with E-state index in [0.717, 1.165) is 12.4 Å². The van der Waals surface area contributed by atoms with Gasteiger partial charge in [-0.3, -0.25) is 0 Å². The van der Waals surface area contributed by atoms with Crippen LogP contribution in [-0.4, -0.2) is 17.1 Å². The van der Waals surface area contributed by atoms with Crippen molar-refractivity contribution in [2.24, 2.45) is 0 Å². The zero-order chi connectivity index (χ0) is 9.90. The summed E-state index contributed by atoms with van der Waals surface area (Å²) in [6.45, 7) is 1.41. The molecule has 0 saturated heterocycles. The molecule has 5 heteroatoms. The maximum atomic E-state index is 13.0. The number of nitrogens with zero attached hydrogens (tertiary/aromatic N) is 2. The summed E-state index contributed by atoms with van der Waals surface area (Å²) in [6.07, 6.45) is 1.90. The lowest BCUT2D eigenvalue weighted by molar-refractivity contribution is -0.00908. The van der Waals surface area contributed by atoms with Gasteiger partial charge in [0.15, 0.2) is 0 Å². The molecule has 0 radical (unpaired) electrons. The molecule has 0 bridgehead atoms. The van der Waals surface area contributed by atoms with Crippen LogP contribution in [0.4, 0.5) is 8.78 Å². The summed E-state index contributed by atoms with van der Waals surface area (Å²) in [7, 11) is 1.38. The highest BCUT2D eigenvalue weighted by molar-refractivity contribution is 5.13. The van der Waals surface area contributed by atoms with Gasteiger partial charge in [-0.15, -0.1) is 0 Å². The quantitative estimate of drug-likeness (QED) is 0.727. The first-order chi connectivity index (χ1) is 6.10. The monoisotopic (exact) mass is 188 g/mol. The minimum atomic E-state index is -2.85.